The first-order valence-electron chi connectivity index (χ1n) is 14.9. The van der Waals surface area contributed by atoms with Crippen LogP contribution in [0.3, 0.4) is 0 Å². The monoisotopic (exact) mass is 504 g/mol. The first kappa shape index (κ1) is 29.4. The van der Waals surface area contributed by atoms with Crippen molar-refractivity contribution in [1.29, 1.82) is 0 Å². The van der Waals surface area contributed by atoms with Crippen molar-refractivity contribution in [2.75, 3.05) is 0 Å². The van der Waals surface area contributed by atoms with Gasteiger partial charge in [-0.05, 0) is 12.8 Å². The Morgan fingerprint density at radius 3 is 1.45 bits per heavy atom. The molecule has 2 heteroatoms. The van der Waals surface area contributed by atoms with Gasteiger partial charge in [-0.2, -0.15) is 0 Å². The highest BCUT2D eigenvalue weighted by Crippen LogP contribution is 2.12. The maximum Gasteiger partial charge on any atom is 0.241 e. The number of rotatable bonds is 14. The Labute approximate surface area is 233 Å². The van der Waals surface area contributed by atoms with Crippen molar-refractivity contribution >= 4 is 23.1 Å². The van der Waals surface area contributed by atoms with E-state index in [1.165, 1.54) is 92.6 Å². The van der Waals surface area contributed by atoms with Crippen LogP contribution in [0.4, 0.5) is 0 Å². The van der Waals surface area contributed by atoms with Gasteiger partial charge >= 0.3 is 0 Å². The van der Waals surface area contributed by atoms with E-state index < -0.39 is 0 Å². The third kappa shape index (κ3) is 10.7. The van der Waals surface area contributed by atoms with Gasteiger partial charge in [0, 0.05) is 12.1 Å². The minimum Gasteiger partial charge on any atom is -0.208 e. The Morgan fingerprint density at radius 2 is 0.947 bits per heavy atom. The average Bonchev–Trinajstić information content (AvgIpc) is 2.97. The van der Waals surface area contributed by atoms with Gasteiger partial charge < -0.3 is 0 Å². The number of aryl methyl sites for hydroxylation is 2. The molecule has 0 saturated heterocycles. The van der Waals surface area contributed by atoms with E-state index in [4.69, 9.17) is 0 Å². The van der Waals surface area contributed by atoms with Gasteiger partial charge in [0.1, 0.15) is 7.05 Å². The molecule has 0 bridgehead atoms. The van der Waals surface area contributed by atoms with E-state index in [0.717, 1.165) is 0 Å². The Bertz CT molecular complexity index is 1070. The Hall–Kier alpha value is -3.13. The lowest BCUT2D eigenvalue weighted by Gasteiger charge is -2.19. The molecule has 0 N–H and O–H groups in total. The highest BCUT2D eigenvalue weighted by Gasteiger charge is 2.23. The van der Waals surface area contributed by atoms with Gasteiger partial charge in [-0.15, -0.1) is 0 Å². The summed E-state index contributed by atoms with van der Waals surface area (Å²) in [6.07, 6.45) is 19.1. The third-order valence-corrected chi connectivity index (χ3v) is 7.30. The first-order valence-corrected chi connectivity index (χ1v) is 14.9. The summed E-state index contributed by atoms with van der Waals surface area (Å²) < 4.78 is 2.00. The van der Waals surface area contributed by atoms with E-state index >= 15 is 0 Å². The van der Waals surface area contributed by atoms with Crippen LogP contribution >= 0.6 is 0 Å². The normalized spacial score (nSPS) is 10.5. The first-order chi connectivity index (χ1) is 18.8. The zero-order chi connectivity index (χ0) is 26.7. The molecule has 198 valence electrons. The molecule has 0 radical (unpaired) electrons. The second kappa shape index (κ2) is 18.2. The highest BCUT2D eigenvalue weighted by atomic mass is 14.9. The molecule has 4 rings (SSSR count). The van der Waals surface area contributed by atoms with Crippen molar-refractivity contribution in [3.8, 4) is 0 Å². The minimum absolute atomic E-state index is 0.307. The SMILES string of the molecule is CCCCCCCCCCCCc1ccccc1B(c1ccccc1)c1ccccc1.C[n+]1ccccc1. The molecule has 0 unspecified atom stereocenters. The molecule has 3 aromatic carbocycles. The van der Waals surface area contributed by atoms with Gasteiger partial charge in [-0.25, -0.2) is 4.57 Å². The summed E-state index contributed by atoms with van der Waals surface area (Å²) in [7, 11) is 2.00. The van der Waals surface area contributed by atoms with Crippen LogP contribution in [0.1, 0.15) is 76.7 Å². The van der Waals surface area contributed by atoms with E-state index in [2.05, 4.69) is 91.9 Å². The summed E-state index contributed by atoms with van der Waals surface area (Å²) in [5.74, 6) is 0. The van der Waals surface area contributed by atoms with Crippen molar-refractivity contribution in [2.24, 2.45) is 7.05 Å². The van der Waals surface area contributed by atoms with Crippen molar-refractivity contribution < 1.29 is 4.57 Å². The molecule has 0 spiro atoms. The molecule has 1 aromatic heterocycles. The quantitative estimate of drug-likeness (QED) is 0.0973. The molecular weight excluding hydrogens is 457 g/mol. The van der Waals surface area contributed by atoms with E-state index in [9.17, 15) is 0 Å². The lowest BCUT2D eigenvalue weighted by atomic mass is 9.36. The number of pyridine rings is 1. The molecule has 38 heavy (non-hydrogen) atoms. The second-order valence-corrected chi connectivity index (χ2v) is 10.4. The van der Waals surface area contributed by atoms with Gasteiger partial charge in [0.25, 0.3) is 0 Å². The number of hydrogen-bond acceptors (Lipinski definition) is 0. The van der Waals surface area contributed by atoms with Gasteiger partial charge in [-0.1, -0.05) is 178 Å². The van der Waals surface area contributed by atoms with Crippen molar-refractivity contribution in [3.63, 3.8) is 0 Å². The van der Waals surface area contributed by atoms with Gasteiger partial charge in [-0.3, -0.25) is 0 Å². The van der Waals surface area contributed by atoms with Crippen molar-refractivity contribution in [1.82, 2.24) is 0 Å². The third-order valence-electron chi connectivity index (χ3n) is 7.30. The van der Waals surface area contributed by atoms with E-state index in [1.807, 2.05) is 42.2 Å². The number of aromatic nitrogens is 1. The van der Waals surface area contributed by atoms with Crippen LogP contribution in [0.2, 0.25) is 0 Å². The fourth-order valence-electron chi connectivity index (χ4n) is 5.17. The largest absolute Gasteiger partial charge is 0.241 e. The standard InChI is InChI=1S/C30H39B.C6H8N/c1-2-3-4-5-6-7-8-9-10-13-20-27-21-18-19-26-30(27)31(28-22-14-11-15-23-28)29-24-16-12-17-25-29;1-7-5-3-2-4-6-7/h11-12,14-19,21-26H,2-10,13,20H2,1H3;2-6H,1H3/q;+1. The van der Waals surface area contributed by atoms with Crippen LogP contribution in [0.15, 0.2) is 116 Å². The summed E-state index contributed by atoms with van der Waals surface area (Å²) in [5.41, 5.74) is 5.74. The summed E-state index contributed by atoms with van der Waals surface area (Å²) in [4.78, 5) is 0. The maximum absolute atomic E-state index is 2.35. The summed E-state index contributed by atoms with van der Waals surface area (Å²) in [6.45, 7) is 2.60. The minimum atomic E-state index is 0.307. The topological polar surface area (TPSA) is 3.88 Å². The molecule has 0 atom stereocenters. The summed E-state index contributed by atoms with van der Waals surface area (Å²) in [6, 6.07) is 37.1. The van der Waals surface area contributed by atoms with Crippen molar-refractivity contribution in [2.45, 2.75) is 77.6 Å². The fourth-order valence-corrected chi connectivity index (χ4v) is 5.17. The Balaban J connectivity index is 0.000000494. The number of benzene rings is 3. The smallest absolute Gasteiger partial charge is 0.208 e. The van der Waals surface area contributed by atoms with Crippen LogP contribution in [0.5, 0.6) is 0 Å². The fraction of sp³-hybridized carbons (Fsp3) is 0.361. The maximum atomic E-state index is 2.35. The average molecular weight is 505 g/mol. The van der Waals surface area contributed by atoms with Crippen LogP contribution < -0.4 is 21.0 Å². The van der Waals surface area contributed by atoms with Gasteiger partial charge in [0.05, 0.1) is 0 Å². The molecule has 1 heterocycles. The van der Waals surface area contributed by atoms with Crippen LogP contribution in [0, 0.1) is 0 Å². The molecule has 0 amide bonds. The zero-order valence-corrected chi connectivity index (χ0v) is 23.8. The van der Waals surface area contributed by atoms with Crippen LogP contribution in [-0.2, 0) is 13.5 Å². The second-order valence-electron chi connectivity index (χ2n) is 10.4. The number of nitrogens with zero attached hydrogens (tertiary/aromatic N) is 1. The highest BCUT2D eigenvalue weighted by molar-refractivity contribution is 6.95. The molecule has 4 aromatic rings. The molecule has 0 aliphatic carbocycles. The number of hydrogen-bond donors (Lipinski definition) is 0. The summed E-state index contributed by atoms with van der Waals surface area (Å²) in [5, 5.41) is 0. The molecule has 0 saturated carbocycles. The molecular formula is C36H47BN+. The Morgan fingerprint density at radius 1 is 0.500 bits per heavy atom. The van der Waals surface area contributed by atoms with Gasteiger partial charge in [0.2, 0.25) is 6.71 Å². The molecule has 1 nitrogen and oxygen atoms in total. The lowest BCUT2D eigenvalue weighted by molar-refractivity contribution is -0.671. The van der Waals surface area contributed by atoms with Crippen LogP contribution in [0.25, 0.3) is 0 Å². The number of unbranched alkanes of at least 4 members (excludes halogenated alkanes) is 9. The molecule has 0 aliphatic rings. The summed E-state index contributed by atoms with van der Waals surface area (Å²) >= 11 is 0. The molecule has 0 fully saturated rings. The van der Waals surface area contributed by atoms with E-state index in [1.54, 1.807) is 0 Å². The molecule has 0 aliphatic heterocycles. The Kier molecular flexibility index (Phi) is 14.1. The van der Waals surface area contributed by atoms with E-state index in [-0.39, 0.29) is 0 Å². The van der Waals surface area contributed by atoms with E-state index in [0.29, 0.717) is 6.71 Å². The zero-order valence-electron chi connectivity index (χ0n) is 23.8. The lowest BCUT2D eigenvalue weighted by Crippen LogP contribution is -2.53. The predicted molar refractivity (Wildman–Crippen MR) is 167 cm³/mol. The van der Waals surface area contributed by atoms with Crippen LogP contribution in [-0.4, -0.2) is 6.71 Å². The predicted octanol–water partition coefficient (Wildman–Crippen LogP) is 7.18. The van der Waals surface area contributed by atoms with Gasteiger partial charge in [0.15, 0.2) is 12.4 Å². The van der Waals surface area contributed by atoms with Crippen molar-refractivity contribution in [3.05, 3.63) is 121 Å².